The van der Waals surface area contributed by atoms with Gasteiger partial charge in [-0.05, 0) is 37.0 Å². The molecular weight excluding hydrogens is 321 g/mol. The molecule has 0 radical (unpaired) electrons. The SMILES string of the molecule is OC(c1ccccn1)C1CCN(c2ccnc(C(F)(F)F)n2)CC1. The van der Waals surface area contributed by atoms with Crippen LogP contribution in [0, 0.1) is 5.92 Å². The molecule has 1 atom stereocenters. The van der Waals surface area contributed by atoms with E-state index in [9.17, 15) is 18.3 Å². The Balaban J connectivity index is 1.65. The lowest BCUT2D eigenvalue weighted by molar-refractivity contribution is -0.144. The van der Waals surface area contributed by atoms with Crippen molar-refractivity contribution >= 4 is 5.82 Å². The number of pyridine rings is 1. The molecule has 3 heterocycles. The van der Waals surface area contributed by atoms with Gasteiger partial charge in [0.1, 0.15) is 5.82 Å². The number of aliphatic hydroxyl groups is 1. The third-order valence-corrected chi connectivity index (χ3v) is 4.20. The smallest absolute Gasteiger partial charge is 0.387 e. The number of nitrogens with zero attached hydrogens (tertiary/aromatic N) is 4. The normalized spacial score (nSPS) is 17.8. The summed E-state index contributed by atoms with van der Waals surface area (Å²) in [4.78, 5) is 12.8. The van der Waals surface area contributed by atoms with E-state index in [-0.39, 0.29) is 11.7 Å². The second-order valence-electron chi connectivity index (χ2n) is 5.76. The first-order valence-corrected chi connectivity index (χ1v) is 7.69. The van der Waals surface area contributed by atoms with Crippen molar-refractivity contribution in [3.63, 3.8) is 0 Å². The fourth-order valence-electron chi connectivity index (χ4n) is 2.90. The topological polar surface area (TPSA) is 62.1 Å². The number of halogens is 3. The minimum atomic E-state index is -4.55. The lowest BCUT2D eigenvalue weighted by Crippen LogP contribution is -2.36. The summed E-state index contributed by atoms with van der Waals surface area (Å²) in [6.07, 6.45) is -1.15. The lowest BCUT2D eigenvalue weighted by Gasteiger charge is -2.34. The zero-order valence-corrected chi connectivity index (χ0v) is 12.8. The molecule has 1 N–H and O–H groups in total. The Hall–Kier alpha value is -2.22. The molecule has 24 heavy (non-hydrogen) atoms. The Kier molecular flexibility index (Phi) is 4.66. The molecule has 0 amide bonds. The van der Waals surface area contributed by atoms with Gasteiger partial charge < -0.3 is 10.0 Å². The monoisotopic (exact) mass is 338 g/mol. The van der Waals surface area contributed by atoms with Crippen LogP contribution >= 0.6 is 0 Å². The highest BCUT2D eigenvalue weighted by atomic mass is 19.4. The number of piperidine rings is 1. The maximum absolute atomic E-state index is 12.7. The summed E-state index contributed by atoms with van der Waals surface area (Å²) in [6.45, 7) is 1.06. The summed E-state index contributed by atoms with van der Waals surface area (Å²) < 4.78 is 38.1. The highest BCUT2D eigenvalue weighted by Crippen LogP contribution is 2.32. The maximum Gasteiger partial charge on any atom is 0.451 e. The molecule has 5 nitrogen and oxygen atoms in total. The van der Waals surface area contributed by atoms with E-state index in [1.165, 1.54) is 6.07 Å². The van der Waals surface area contributed by atoms with Crippen LogP contribution in [0.15, 0.2) is 36.7 Å². The molecule has 0 aliphatic carbocycles. The van der Waals surface area contributed by atoms with Gasteiger partial charge >= 0.3 is 6.18 Å². The molecule has 1 fully saturated rings. The van der Waals surface area contributed by atoms with E-state index in [0.29, 0.717) is 31.6 Å². The van der Waals surface area contributed by atoms with E-state index >= 15 is 0 Å². The molecule has 0 saturated carbocycles. The van der Waals surface area contributed by atoms with Gasteiger partial charge in [-0.15, -0.1) is 0 Å². The van der Waals surface area contributed by atoms with E-state index in [2.05, 4.69) is 15.0 Å². The number of aliphatic hydroxyl groups excluding tert-OH is 1. The summed E-state index contributed by atoms with van der Waals surface area (Å²) >= 11 is 0. The van der Waals surface area contributed by atoms with Crippen LogP contribution < -0.4 is 4.90 Å². The van der Waals surface area contributed by atoms with Crippen LogP contribution in [0.5, 0.6) is 0 Å². The average molecular weight is 338 g/mol. The van der Waals surface area contributed by atoms with Gasteiger partial charge in [-0.3, -0.25) is 4.98 Å². The lowest BCUT2D eigenvalue weighted by atomic mass is 9.89. The number of hydrogen-bond acceptors (Lipinski definition) is 5. The predicted octanol–water partition coefficient (Wildman–Crippen LogP) is 2.84. The first-order chi connectivity index (χ1) is 11.4. The van der Waals surface area contributed by atoms with Crippen LogP contribution in [0.4, 0.5) is 19.0 Å². The van der Waals surface area contributed by atoms with Gasteiger partial charge in [0.05, 0.1) is 11.8 Å². The number of anilines is 1. The summed E-state index contributed by atoms with van der Waals surface area (Å²) in [7, 11) is 0. The van der Waals surface area contributed by atoms with Gasteiger partial charge in [-0.1, -0.05) is 6.07 Å². The molecule has 0 aromatic carbocycles. The number of aromatic nitrogens is 3. The molecule has 1 saturated heterocycles. The molecule has 1 aliphatic heterocycles. The summed E-state index contributed by atoms with van der Waals surface area (Å²) in [6, 6.07) is 6.86. The van der Waals surface area contributed by atoms with Crippen molar-refractivity contribution in [3.05, 3.63) is 48.2 Å². The minimum Gasteiger partial charge on any atom is -0.387 e. The highest BCUT2D eigenvalue weighted by molar-refractivity contribution is 5.38. The molecule has 128 valence electrons. The van der Waals surface area contributed by atoms with Crippen LogP contribution in [0.25, 0.3) is 0 Å². The van der Waals surface area contributed by atoms with Gasteiger partial charge in [-0.25, -0.2) is 9.97 Å². The Bertz CT molecular complexity index is 673. The fourth-order valence-corrected chi connectivity index (χ4v) is 2.90. The maximum atomic E-state index is 12.7. The Morgan fingerprint density at radius 3 is 2.46 bits per heavy atom. The molecule has 2 aromatic rings. The quantitative estimate of drug-likeness (QED) is 0.932. The average Bonchev–Trinajstić information content (AvgIpc) is 2.61. The minimum absolute atomic E-state index is 0.0278. The third kappa shape index (κ3) is 3.64. The summed E-state index contributed by atoms with van der Waals surface area (Å²) in [5, 5.41) is 10.4. The van der Waals surface area contributed by atoms with Crippen LogP contribution in [-0.2, 0) is 6.18 Å². The highest BCUT2D eigenvalue weighted by Gasteiger charge is 2.35. The Morgan fingerprint density at radius 2 is 1.83 bits per heavy atom. The first-order valence-electron chi connectivity index (χ1n) is 7.69. The summed E-state index contributed by atoms with van der Waals surface area (Å²) in [5.74, 6) is -0.834. The number of hydrogen-bond donors (Lipinski definition) is 1. The van der Waals surface area contributed by atoms with Gasteiger partial charge in [0, 0.05) is 25.5 Å². The zero-order chi connectivity index (χ0) is 17.2. The molecule has 0 bridgehead atoms. The van der Waals surface area contributed by atoms with Crippen molar-refractivity contribution in [2.75, 3.05) is 18.0 Å². The predicted molar refractivity (Wildman–Crippen MR) is 81.2 cm³/mol. The fraction of sp³-hybridized carbons (Fsp3) is 0.438. The molecule has 3 rings (SSSR count). The van der Waals surface area contributed by atoms with Crippen LogP contribution in [0.3, 0.4) is 0 Å². The molecule has 8 heteroatoms. The van der Waals surface area contributed by atoms with Gasteiger partial charge in [0.2, 0.25) is 5.82 Å². The van der Waals surface area contributed by atoms with Gasteiger partial charge in [0.25, 0.3) is 0 Å². The van der Waals surface area contributed by atoms with E-state index < -0.39 is 18.1 Å². The zero-order valence-electron chi connectivity index (χ0n) is 12.8. The van der Waals surface area contributed by atoms with Crippen molar-refractivity contribution < 1.29 is 18.3 Å². The van der Waals surface area contributed by atoms with E-state index in [0.717, 1.165) is 6.20 Å². The van der Waals surface area contributed by atoms with Crippen LogP contribution in [-0.4, -0.2) is 33.1 Å². The Labute approximate surface area is 137 Å². The second-order valence-corrected chi connectivity index (χ2v) is 5.76. The molecular formula is C16H17F3N4O. The van der Waals surface area contributed by atoms with Crippen molar-refractivity contribution in [2.24, 2.45) is 5.92 Å². The van der Waals surface area contributed by atoms with Crippen molar-refractivity contribution in [1.82, 2.24) is 15.0 Å². The van der Waals surface area contributed by atoms with Crippen molar-refractivity contribution in [1.29, 1.82) is 0 Å². The molecule has 1 aliphatic rings. The first kappa shape index (κ1) is 16.6. The molecule has 1 unspecified atom stereocenters. The van der Waals surface area contributed by atoms with Gasteiger partial charge in [-0.2, -0.15) is 13.2 Å². The van der Waals surface area contributed by atoms with Gasteiger partial charge in [0.15, 0.2) is 0 Å². The molecule has 0 spiro atoms. The third-order valence-electron chi connectivity index (χ3n) is 4.20. The van der Waals surface area contributed by atoms with Crippen molar-refractivity contribution in [3.8, 4) is 0 Å². The van der Waals surface area contributed by atoms with Crippen molar-refractivity contribution in [2.45, 2.75) is 25.1 Å². The van der Waals surface area contributed by atoms with Crippen LogP contribution in [0.1, 0.15) is 30.5 Å². The molecule has 2 aromatic heterocycles. The Morgan fingerprint density at radius 1 is 1.08 bits per heavy atom. The largest absolute Gasteiger partial charge is 0.451 e. The van der Waals surface area contributed by atoms with E-state index in [4.69, 9.17) is 0 Å². The van der Waals surface area contributed by atoms with E-state index in [1.54, 1.807) is 23.2 Å². The van der Waals surface area contributed by atoms with E-state index in [1.807, 2.05) is 6.07 Å². The van der Waals surface area contributed by atoms with Crippen LogP contribution in [0.2, 0.25) is 0 Å². The number of rotatable bonds is 3. The standard InChI is InChI=1S/C16H17F3N4O/c17-16(18,19)15-21-8-4-13(22-15)23-9-5-11(6-10-23)14(24)12-3-1-2-7-20-12/h1-4,7-8,11,14,24H,5-6,9-10H2. The number of alkyl halides is 3. The second kappa shape index (κ2) is 6.72. The summed E-state index contributed by atoms with van der Waals surface area (Å²) in [5.41, 5.74) is 0.623.